The Balaban J connectivity index is 2.35. The summed E-state index contributed by atoms with van der Waals surface area (Å²) in [5, 5.41) is 0. The number of pyridine rings is 2. The Kier molecular flexibility index (Phi) is 2.76. The van der Waals surface area contributed by atoms with E-state index in [2.05, 4.69) is 30.9 Å². The van der Waals surface area contributed by atoms with Gasteiger partial charge in [0.1, 0.15) is 0 Å². The molecule has 3 aromatic heterocycles. The van der Waals surface area contributed by atoms with Gasteiger partial charge in [-0.1, -0.05) is 0 Å². The van der Waals surface area contributed by atoms with Crippen LogP contribution in [0.25, 0.3) is 16.9 Å². The first-order chi connectivity index (χ1) is 8.65. The minimum Gasteiger partial charge on any atom is -0.329 e. The molecule has 0 aromatic carbocycles. The van der Waals surface area contributed by atoms with Crippen LogP contribution in [-0.4, -0.2) is 19.5 Å². The third kappa shape index (κ3) is 1.87. The highest BCUT2D eigenvalue weighted by atomic mass is 79.9. The molecule has 6 heteroatoms. The van der Waals surface area contributed by atoms with E-state index in [-0.39, 0.29) is 0 Å². The van der Waals surface area contributed by atoms with Crippen LogP contribution in [0.15, 0.2) is 35.2 Å². The van der Waals surface area contributed by atoms with Gasteiger partial charge in [0.2, 0.25) is 0 Å². The third-order valence-corrected chi connectivity index (χ3v) is 3.33. The third-order valence-electron chi connectivity index (χ3n) is 2.61. The summed E-state index contributed by atoms with van der Waals surface area (Å²) >= 11 is 8.75. The molecule has 90 valence electrons. The number of H-pyrrole nitrogens is 1. The first kappa shape index (κ1) is 11.6. The zero-order valence-corrected chi connectivity index (χ0v) is 11.9. The minimum absolute atomic E-state index is 0.614. The highest BCUT2D eigenvalue weighted by Gasteiger charge is 2.08. The van der Waals surface area contributed by atoms with Crippen molar-refractivity contribution in [3.63, 3.8) is 0 Å². The topological polar surface area (TPSA) is 46.5 Å². The number of nitrogens with zero attached hydrogens (tertiary/aromatic N) is 3. The number of halogens is 1. The number of aromatic nitrogens is 4. The van der Waals surface area contributed by atoms with E-state index in [1.807, 2.05) is 29.8 Å². The molecule has 0 amide bonds. The van der Waals surface area contributed by atoms with Gasteiger partial charge in [0.05, 0.1) is 17.4 Å². The monoisotopic (exact) mass is 320 g/mol. The Labute approximate surface area is 117 Å². The van der Waals surface area contributed by atoms with Crippen molar-refractivity contribution in [2.45, 2.75) is 6.92 Å². The highest BCUT2D eigenvalue weighted by molar-refractivity contribution is 9.10. The SMILES string of the molecule is Cc1cnc2c(c1)[nH]c(=S)n2-c1cncc(Br)c1. The number of fused-ring (bicyclic) bond motifs is 1. The van der Waals surface area contributed by atoms with Crippen LogP contribution in [0, 0.1) is 11.7 Å². The summed E-state index contributed by atoms with van der Waals surface area (Å²) in [4.78, 5) is 11.7. The van der Waals surface area contributed by atoms with Crippen LogP contribution in [0.2, 0.25) is 0 Å². The first-order valence-electron chi connectivity index (χ1n) is 5.33. The van der Waals surface area contributed by atoms with Crippen molar-refractivity contribution in [2.75, 3.05) is 0 Å². The van der Waals surface area contributed by atoms with Crippen LogP contribution in [0.3, 0.4) is 0 Å². The van der Waals surface area contributed by atoms with Crippen molar-refractivity contribution >= 4 is 39.3 Å². The lowest BCUT2D eigenvalue weighted by atomic mass is 10.3. The molecule has 4 nitrogen and oxygen atoms in total. The van der Waals surface area contributed by atoms with Crippen LogP contribution in [-0.2, 0) is 0 Å². The van der Waals surface area contributed by atoms with Crippen LogP contribution in [0.4, 0.5) is 0 Å². The molecular formula is C12H9BrN4S. The summed E-state index contributed by atoms with van der Waals surface area (Å²) in [5.74, 6) is 0. The van der Waals surface area contributed by atoms with E-state index in [0.29, 0.717) is 4.77 Å². The van der Waals surface area contributed by atoms with E-state index in [9.17, 15) is 0 Å². The molecule has 0 aliphatic rings. The van der Waals surface area contributed by atoms with Crippen LogP contribution in [0.5, 0.6) is 0 Å². The maximum atomic E-state index is 5.35. The zero-order chi connectivity index (χ0) is 12.7. The average molecular weight is 321 g/mol. The molecule has 0 unspecified atom stereocenters. The van der Waals surface area contributed by atoms with E-state index in [1.54, 1.807) is 12.4 Å². The molecular weight excluding hydrogens is 312 g/mol. The van der Waals surface area contributed by atoms with Crippen molar-refractivity contribution in [2.24, 2.45) is 0 Å². The molecule has 0 aliphatic heterocycles. The Morgan fingerprint density at radius 2 is 2.11 bits per heavy atom. The molecule has 18 heavy (non-hydrogen) atoms. The fourth-order valence-corrected chi connectivity index (χ4v) is 2.52. The number of hydrogen-bond donors (Lipinski definition) is 1. The molecule has 3 aromatic rings. The van der Waals surface area contributed by atoms with E-state index in [0.717, 1.165) is 26.9 Å². The van der Waals surface area contributed by atoms with E-state index >= 15 is 0 Å². The fourth-order valence-electron chi connectivity index (χ4n) is 1.86. The first-order valence-corrected chi connectivity index (χ1v) is 6.53. The molecule has 0 fully saturated rings. The maximum absolute atomic E-state index is 5.35. The van der Waals surface area contributed by atoms with Crippen LogP contribution in [0.1, 0.15) is 5.56 Å². The molecule has 0 saturated heterocycles. The Hall–Kier alpha value is -1.53. The van der Waals surface area contributed by atoms with Crippen molar-refractivity contribution in [1.82, 2.24) is 19.5 Å². The minimum atomic E-state index is 0.614. The second-order valence-corrected chi connectivity index (χ2v) is 5.31. The van der Waals surface area contributed by atoms with Crippen molar-refractivity contribution in [3.8, 4) is 5.69 Å². The number of nitrogens with one attached hydrogen (secondary N) is 1. The average Bonchev–Trinajstić information content (AvgIpc) is 2.64. The molecule has 0 bridgehead atoms. The molecule has 3 heterocycles. The summed E-state index contributed by atoms with van der Waals surface area (Å²) in [6.45, 7) is 2.00. The molecule has 1 N–H and O–H groups in total. The normalized spacial score (nSPS) is 11.0. The van der Waals surface area contributed by atoms with Gasteiger partial charge in [0.25, 0.3) is 0 Å². The number of aryl methyl sites for hydroxylation is 1. The Bertz CT molecular complexity index is 790. The standard InChI is InChI=1S/C12H9BrN4S/c1-7-2-10-11(15-4-7)17(12(18)16-10)9-3-8(13)5-14-6-9/h2-6H,1H3,(H,16,18). The summed E-state index contributed by atoms with van der Waals surface area (Å²) in [6, 6.07) is 3.98. The summed E-state index contributed by atoms with van der Waals surface area (Å²) in [7, 11) is 0. The lowest BCUT2D eigenvalue weighted by Gasteiger charge is -2.03. The molecule has 0 spiro atoms. The Morgan fingerprint density at radius 1 is 1.28 bits per heavy atom. The van der Waals surface area contributed by atoms with Gasteiger partial charge in [-0.2, -0.15) is 0 Å². The fraction of sp³-hybridized carbons (Fsp3) is 0.0833. The molecule has 0 atom stereocenters. The summed E-state index contributed by atoms with van der Waals surface area (Å²) in [5.41, 5.74) is 3.72. The maximum Gasteiger partial charge on any atom is 0.184 e. The number of aromatic amines is 1. The van der Waals surface area contributed by atoms with Crippen molar-refractivity contribution < 1.29 is 0 Å². The summed E-state index contributed by atoms with van der Waals surface area (Å²) in [6.07, 6.45) is 5.32. The smallest absolute Gasteiger partial charge is 0.184 e. The highest BCUT2D eigenvalue weighted by Crippen LogP contribution is 2.20. The van der Waals surface area contributed by atoms with Crippen LogP contribution < -0.4 is 0 Å². The number of imidazole rings is 1. The van der Waals surface area contributed by atoms with E-state index < -0.39 is 0 Å². The van der Waals surface area contributed by atoms with E-state index in [1.165, 1.54) is 0 Å². The van der Waals surface area contributed by atoms with Gasteiger partial charge in [-0.15, -0.1) is 0 Å². The lowest BCUT2D eigenvalue weighted by Crippen LogP contribution is -1.96. The van der Waals surface area contributed by atoms with Gasteiger partial charge in [-0.25, -0.2) is 4.98 Å². The van der Waals surface area contributed by atoms with Crippen molar-refractivity contribution in [3.05, 3.63) is 45.5 Å². The van der Waals surface area contributed by atoms with Gasteiger partial charge in [-0.05, 0) is 52.8 Å². The second-order valence-electron chi connectivity index (χ2n) is 4.01. The number of hydrogen-bond acceptors (Lipinski definition) is 3. The van der Waals surface area contributed by atoms with Gasteiger partial charge >= 0.3 is 0 Å². The van der Waals surface area contributed by atoms with Gasteiger partial charge in [0.15, 0.2) is 10.4 Å². The predicted octanol–water partition coefficient (Wildman–Crippen LogP) is 3.55. The molecule has 3 rings (SSSR count). The van der Waals surface area contributed by atoms with Crippen molar-refractivity contribution in [1.29, 1.82) is 0 Å². The van der Waals surface area contributed by atoms with Gasteiger partial charge in [0, 0.05) is 16.9 Å². The van der Waals surface area contributed by atoms with E-state index in [4.69, 9.17) is 12.2 Å². The molecule has 0 saturated carbocycles. The largest absolute Gasteiger partial charge is 0.329 e. The number of rotatable bonds is 1. The van der Waals surface area contributed by atoms with Crippen LogP contribution >= 0.6 is 28.1 Å². The Morgan fingerprint density at radius 3 is 2.89 bits per heavy atom. The zero-order valence-electron chi connectivity index (χ0n) is 9.51. The second kappa shape index (κ2) is 4.29. The predicted molar refractivity (Wildman–Crippen MR) is 76.5 cm³/mol. The van der Waals surface area contributed by atoms with Gasteiger partial charge in [-0.3, -0.25) is 9.55 Å². The molecule has 0 aliphatic carbocycles. The quantitative estimate of drug-likeness (QED) is 0.697. The summed E-state index contributed by atoms with van der Waals surface area (Å²) < 4.78 is 3.40. The lowest BCUT2D eigenvalue weighted by molar-refractivity contribution is 1.02. The molecule has 0 radical (unpaired) electrons. The van der Waals surface area contributed by atoms with Gasteiger partial charge < -0.3 is 4.98 Å².